The van der Waals surface area contributed by atoms with Crippen molar-refractivity contribution in [3.63, 3.8) is 0 Å². The van der Waals surface area contributed by atoms with Crippen molar-refractivity contribution in [3.8, 4) is 0 Å². The van der Waals surface area contributed by atoms with Crippen LogP contribution < -0.4 is 16.8 Å². The standard InChI is InChI=1S/C10H14N2.C10H12N2.C9H12N2.C9H11NO.C9H9NO.CH5N.Mn.2O/c2*1-11-9-6-2-4-8-5-3-7-12-10(8)9;10-8-5-1-3-7-4-2-6-11-9(7)8;2*11-8-5-1-3-7-4-2-6-10-9(7)8;1-2;;;/h3,5,7,9,11H,2,4,6H2,1H3;3,5,7H,2,4,6H2,1H3;2,4,6,8H,1,3,5,10H2;2,4,6,8,11H,1,3,5H2;2,4,6H,1,3,5H2;2H2,1H3;;;/t9-;;8-;;;;;;/m1.1....../s1. The molecule has 1 unspecified atom stereocenters. The molecule has 0 aromatic carbocycles. The monoisotopic (exact) mass is 884 g/mol. The van der Waals surface area contributed by atoms with Gasteiger partial charge >= 0.3 is 22.5 Å². The van der Waals surface area contributed by atoms with E-state index in [1.165, 1.54) is 67.1 Å². The number of rotatable bonds is 1. The first-order valence-electron chi connectivity index (χ1n) is 21.6. The molecular formula is C48H63MnN9O4. The predicted molar refractivity (Wildman–Crippen MR) is 238 cm³/mol. The summed E-state index contributed by atoms with van der Waals surface area (Å²) in [5.41, 5.74) is 23.0. The quantitative estimate of drug-likeness (QED) is 0.122. The Morgan fingerprint density at radius 1 is 0.597 bits per heavy atom. The Balaban J connectivity index is 0.000000166. The Hall–Kier alpha value is -4.95. The van der Waals surface area contributed by atoms with Crippen molar-refractivity contribution in [2.75, 3.05) is 21.1 Å². The van der Waals surface area contributed by atoms with Gasteiger partial charge < -0.3 is 21.9 Å². The fourth-order valence-electron chi connectivity index (χ4n) is 8.25. The van der Waals surface area contributed by atoms with Crippen molar-refractivity contribution in [2.24, 2.45) is 16.5 Å². The van der Waals surface area contributed by atoms with Gasteiger partial charge in [-0.25, -0.2) is 0 Å². The first kappa shape index (κ1) is 49.7. The molecule has 0 saturated heterocycles. The van der Waals surface area contributed by atoms with Crippen LogP contribution in [-0.4, -0.2) is 62.7 Å². The van der Waals surface area contributed by atoms with Gasteiger partial charge in [-0.15, -0.1) is 0 Å². The third-order valence-electron chi connectivity index (χ3n) is 11.2. The molecule has 13 nitrogen and oxygen atoms in total. The number of carbonyl (C=O) groups is 1. The molecule has 0 saturated carbocycles. The van der Waals surface area contributed by atoms with Crippen LogP contribution in [0.3, 0.4) is 0 Å². The van der Waals surface area contributed by atoms with E-state index in [-0.39, 0.29) is 17.9 Å². The van der Waals surface area contributed by atoms with Crippen molar-refractivity contribution in [3.05, 3.63) is 148 Å². The van der Waals surface area contributed by atoms with Gasteiger partial charge in [0, 0.05) is 56.5 Å². The van der Waals surface area contributed by atoms with Crippen molar-refractivity contribution < 1.29 is 32.4 Å². The van der Waals surface area contributed by atoms with Crippen LogP contribution in [0.15, 0.2) is 96.6 Å². The molecule has 10 rings (SSSR count). The number of Topliss-reactive ketones (excluding diaryl/α,β-unsaturated/α-hetero) is 1. The molecule has 5 aliphatic rings. The van der Waals surface area contributed by atoms with Crippen LogP contribution in [0.1, 0.15) is 143 Å². The number of nitrogens with two attached hydrogens (primary N) is 2. The minimum absolute atomic E-state index is 0.181. The summed E-state index contributed by atoms with van der Waals surface area (Å²) in [7, 11) is 5.35. The second-order valence-corrected chi connectivity index (χ2v) is 15.4. The number of aliphatic imine (C=N–C) groups is 1. The van der Waals surface area contributed by atoms with Crippen LogP contribution in [0.5, 0.6) is 0 Å². The van der Waals surface area contributed by atoms with Crippen molar-refractivity contribution >= 4 is 11.5 Å². The Morgan fingerprint density at radius 3 is 1.58 bits per heavy atom. The molecule has 62 heavy (non-hydrogen) atoms. The molecule has 6 N–H and O–H groups in total. The summed E-state index contributed by atoms with van der Waals surface area (Å²) in [4.78, 5) is 36.7. The topological polar surface area (TPSA) is 212 Å². The van der Waals surface area contributed by atoms with Crippen LogP contribution >= 0.6 is 0 Å². The number of aromatic nitrogens is 5. The molecule has 0 spiro atoms. The van der Waals surface area contributed by atoms with Gasteiger partial charge in [0.2, 0.25) is 0 Å². The van der Waals surface area contributed by atoms with Gasteiger partial charge in [0.1, 0.15) is 5.69 Å². The molecule has 5 aromatic rings. The molecule has 14 heteroatoms. The maximum absolute atomic E-state index is 11.2. The summed E-state index contributed by atoms with van der Waals surface area (Å²) >= 11 is -1.44. The van der Waals surface area contributed by atoms with Crippen LogP contribution in [0.2, 0.25) is 0 Å². The number of nitrogens with zero attached hydrogens (tertiary/aromatic N) is 6. The number of ketones is 1. The summed E-state index contributed by atoms with van der Waals surface area (Å²) in [6.45, 7) is 0. The van der Waals surface area contributed by atoms with E-state index in [9.17, 15) is 9.90 Å². The number of aliphatic hydroxyl groups excluding tert-OH is 1. The molecule has 5 aromatic heterocycles. The molecule has 5 heterocycles. The summed E-state index contributed by atoms with van der Waals surface area (Å²) < 4.78 is 16.8. The average Bonchev–Trinajstić information content (AvgIpc) is 3.33. The molecule has 0 radical (unpaired) electrons. The van der Waals surface area contributed by atoms with E-state index in [0.29, 0.717) is 18.2 Å². The van der Waals surface area contributed by atoms with E-state index in [0.717, 1.165) is 86.1 Å². The molecule has 331 valence electrons. The molecule has 0 amide bonds. The number of hydrogen-bond acceptors (Lipinski definition) is 13. The number of aliphatic hydroxyl groups is 1. The molecule has 3 atom stereocenters. The van der Waals surface area contributed by atoms with Gasteiger partial charge in [-0.1, -0.05) is 30.3 Å². The summed E-state index contributed by atoms with van der Waals surface area (Å²) in [5, 5.41) is 12.8. The van der Waals surface area contributed by atoms with Gasteiger partial charge in [-0.2, -0.15) is 0 Å². The van der Waals surface area contributed by atoms with Gasteiger partial charge in [-0.05, 0) is 162 Å². The SMILES string of the molecule is CN.CN=C1CCCc2cccnc21.CN[C@@H]1CCCc2cccnc21.N[C@@H]1CCCc2cccnc21.O=C1CCCc2cccnc21.OC1CCCc2cccnc21.[O]=[Mn]=[O]. The van der Waals surface area contributed by atoms with Crippen LogP contribution in [0.25, 0.3) is 0 Å². The van der Waals surface area contributed by atoms with Crippen LogP contribution in [0.4, 0.5) is 0 Å². The summed E-state index contributed by atoms with van der Waals surface area (Å²) in [5.74, 6) is 0.201. The van der Waals surface area contributed by atoms with Crippen molar-refractivity contribution in [2.45, 2.75) is 114 Å². The Labute approximate surface area is 372 Å². The van der Waals surface area contributed by atoms with E-state index >= 15 is 0 Å². The Bertz CT molecular complexity index is 2140. The zero-order valence-corrected chi connectivity index (χ0v) is 37.6. The number of aryl methyl sites for hydroxylation is 5. The Kier molecular flexibility index (Phi) is 22.4. The fraction of sp³-hybridized carbons (Fsp3) is 0.438. The summed E-state index contributed by atoms with van der Waals surface area (Å²) in [6, 6.07) is 21.0. The van der Waals surface area contributed by atoms with E-state index in [1.807, 2.05) is 75.2 Å². The van der Waals surface area contributed by atoms with Gasteiger partial charge in [0.15, 0.2) is 5.78 Å². The second kappa shape index (κ2) is 27.9. The number of fused-ring (bicyclic) bond motifs is 5. The second-order valence-electron chi connectivity index (χ2n) is 15.2. The molecule has 0 bridgehead atoms. The average molecular weight is 885 g/mol. The third-order valence-corrected chi connectivity index (χ3v) is 11.2. The van der Waals surface area contributed by atoms with Crippen molar-refractivity contribution in [1.29, 1.82) is 0 Å². The Morgan fingerprint density at radius 2 is 1.03 bits per heavy atom. The van der Waals surface area contributed by atoms with E-state index in [4.69, 9.17) is 13.4 Å². The minimum atomic E-state index is -1.44. The zero-order chi connectivity index (χ0) is 44.5. The zero-order valence-electron chi connectivity index (χ0n) is 36.4. The van der Waals surface area contributed by atoms with Gasteiger partial charge in [0.05, 0.1) is 34.6 Å². The normalized spacial score (nSPS) is 19.2. The number of carbonyl (C=O) groups excluding carboxylic acids is 1. The number of nitrogens with one attached hydrogen (secondary N) is 1. The number of pyridine rings is 5. The van der Waals surface area contributed by atoms with Crippen LogP contribution in [-0.2, 0) is 54.6 Å². The fourth-order valence-corrected chi connectivity index (χ4v) is 8.25. The third kappa shape index (κ3) is 14.9. The van der Waals surface area contributed by atoms with Crippen molar-refractivity contribution in [1.82, 2.24) is 30.2 Å². The molecule has 0 fully saturated rings. The van der Waals surface area contributed by atoms with Gasteiger partial charge in [-0.3, -0.25) is 34.7 Å². The maximum atomic E-state index is 11.2. The van der Waals surface area contributed by atoms with Gasteiger partial charge in [0.25, 0.3) is 0 Å². The van der Waals surface area contributed by atoms with E-state index in [2.05, 4.69) is 59.2 Å². The molecule has 0 aliphatic heterocycles. The number of hydrogen-bond donors (Lipinski definition) is 4. The van der Waals surface area contributed by atoms with E-state index < -0.39 is 14.8 Å². The molecular weight excluding hydrogens is 822 g/mol. The molecule has 5 aliphatic carbocycles. The van der Waals surface area contributed by atoms with E-state index in [1.54, 1.807) is 12.4 Å². The first-order valence-corrected chi connectivity index (χ1v) is 22.6. The van der Waals surface area contributed by atoms with Crippen LogP contribution in [0, 0.1) is 0 Å². The summed E-state index contributed by atoms with van der Waals surface area (Å²) in [6.07, 6.45) is 24.9. The predicted octanol–water partition coefficient (Wildman–Crippen LogP) is 7.32. The first-order chi connectivity index (χ1) is 30.4.